The zero-order valence-corrected chi connectivity index (χ0v) is 12.0. The summed E-state index contributed by atoms with van der Waals surface area (Å²) in [6.45, 7) is 1.49. The number of hydrogen-bond donors (Lipinski definition) is 2. The normalized spacial score (nSPS) is 14.7. The van der Waals surface area contributed by atoms with Gasteiger partial charge in [0.2, 0.25) is 5.91 Å². The molecule has 0 fully saturated rings. The molecule has 1 unspecified atom stereocenters. The third-order valence-electron chi connectivity index (χ3n) is 3.41. The zero-order valence-electron chi connectivity index (χ0n) is 12.0. The van der Waals surface area contributed by atoms with Gasteiger partial charge < -0.3 is 10.4 Å². The molecule has 1 aliphatic heterocycles. The lowest BCUT2D eigenvalue weighted by Crippen LogP contribution is -2.38. The van der Waals surface area contributed by atoms with Gasteiger partial charge in [-0.05, 0) is 25.5 Å². The van der Waals surface area contributed by atoms with Crippen LogP contribution < -0.4 is 5.32 Å². The van der Waals surface area contributed by atoms with Crippen LogP contribution in [0.4, 0.5) is 0 Å². The lowest BCUT2D eigenvalue weighted by atomic mass is 10.1. The highest BCUT2D eigenvalue weighted by Crippen LogP contribution is 2.22. The molecule has 0 saturated carbocycles. The average Bonchev–Trinajstić information content (AvgIpc) is 2.72. The van der Waals surface area contributed by atoms with Crippen molar-refractivity contribution in [1.82, 2.24) is 10.2 Å². The number of carboxylic acid groups (broad SMARTS) is 1. The Morgan fingerprint density at radius 2 is 1.73 bits per heavy atom. The Balaban J connectivity index is 1.86. The molecule has 0 aromatic heterocycles. The van der Waals surface area contributed by atoms with E-state index < -0.39 is 17.9 Å². The van der Waals surface area contributed by atoms with Crippen molar-refractivity contribution in [2.45, 2.75) is 25.8 Å². The number of fused-ring (bicyclic) bond motifs is 1. The van der Waals surface area contributed by atoms with E-state index in [0.717, 1.165) is 4.90 Å². The third-order valence-corrected chi connectivity index (χ3v) is 3.41. The van der Waals surface area contributed by atoms with Crippen LogP contribution in [0.25, 0.3) is 0 Å². The van der Waals surface area contributed by atoms with Crippen LogP contribution in [0, 0.1) is 0 Å². The molecular formula is C15H16N2O5. The highest BCUT2D eigenvalue weighted by atomic mass is 16.4. The Morgan fingerprint density at radius 1 is 1.18 bits per heavy atom. The molecule has 0 bridgehead atoms. The van der Waals surface area contributed by atoms with E-state index in [0.29, 0.717) is 11.1 Å². The minimum atomic E-state index is -1.12. The predicted octanol–water partition coefficient (Wildman–Crippen LogP) is 0.652. The first kappa shape index (κ1) is 15.7. The van der Waals surface area contributed by atoms with Crippen molar-refractivity contribution in [2.24, 2.45) is 0 Å². The van der Waals surface area contributed by atoms with E-state index in [4.69, 9.17) is 5.11 Å². The van der Waals surface area contributed by atoms with Crippen molar-refractivity contribution in [3.63, 3.8) is 0 Å². The average molecular weight is 304 g/mol. The fourth-order valence-corrected chi connectivity index (χ4v) is 2.22. The Morgan fingerprint density at radius 3 is 2.23 bits per heavy atom. The number of carbonyl (C=O) groups is 4. The highest BCUT2D eigenvalue weighted by Gasteiger charge is 2.34. The number of hydrogen-bond acceptors (Lipinski definition) is 4. The van der Waals surface area contributed by atoms with Gasteiger partial charge in [0, 0.05) is 13.0 Å². The third kappa shape index (κ3) is 3.13. The maximum absolute atomic E-state index is 12.1. The molecule has 116 valence electrons. The quantitative estimate of drug-likeness (QED) is 0.751. The summed E-state index contributed by atoms with van der Waals surface area (Å²) in [5.41, 5.74) is 0.743. The number of imide groups is 1. The predicted molar refractivity (Wildman–Crippen MR) is 76.3 cm³/mol. The van der Waals surface area contributed by atoms with Gasteiger partial charge in [-0.1, -0.05) is 12.1 Å². The second kappa shape index (κ2) is 6.38. The molecule has 3 amide bonds. The van der Waals surface area contributed by atoms with Crippen LogP contribution in [-0.2, 0) is 9.59 Å². The van der Waals surface area contributed by atoms with Gasteiger partial charge >= 0.3 is 5.97 Å². The van der Waals surface area contributed by atoms with Crippen molar-refractivity contribution in [1.29, 1.82) is 0 Å². The van der Waals surface area contributed by atoms with Gasteiger partial charge in [0.25, 0.3) is 11.8 Å². The van der Waals surface area contributed by atoms with Crippen LogP contribution in [0.5, 0.6) is 0 Å². The van der Waals surface area contributed by atoms with E-state index in [9.17, 15) is 19.2 Å². The number of amides is 3. The number of nitrogens with one attached hydrogen (secondary N) is 1. The Bertz CT molecular complexity index is 606. The zero-order chi connectivity index (χ0) is 16.3. The van der Waals surface area contributed by atoms with Crippen molar-refractivity contribution in [3.05, 3.63) is 35.4 Å². The van der Waals surface area contributed by atoms with E-state index in [1.807, 2.05) is 0 Å². The lowest BCUT2D eigenvalue weighted by Gasteiger charge is -2.14. The number of carboxylic acids is 1. The molecule has 2 N–H and O–H groups in total. The van der Waals surface area contributed by atoms with Crippen LogP contribution in [-0.4, -0.2) is 46.3 Å². The fourth-order valence-electron chi connectivity index (χ4n) is 2.22. The standard InChI is InChI=1S/C15H16N2O5/c1-9(15(21)22)16-12(18)7-4-8-17-13(19)10-5-2-3-6-11(10)14(17)20/h2-3,5-6,9H,4,7-8H2,1H3,(H,16,18)(H,21,22). The van der Waals surface area contributed by atoms with Crippen molar-refractivity contribution < 1.29 is 24.3 Å². The van der Waals surface area contributed by atoms with Crippen molar-refractivity contribution in [2.75, 3.05) is 6.54 Å². The summed E-state index contributed by atoms with van der Waals surface area (Å²) in [6, 6.07) is 5.60. The van der Waals surface area contributed by atoms with Gasteiger partial charge in [0.05, 0.1) is 11.1 Å². The number of aliphatic carboxylic acids is 1. The summed E-state index contributed by atoms with van der Waals surface area (Å²) in [5.74, 6) is -2.26. The minimum Gasteiger partial charge on any atom is -0.480 e. The molecule has 1 aromatic rings. The molecule has 0 spiro atoms. The van der Waals surface area contributed by atoms with Crippen LogP contribution >= 0.6 is 0 Å². The van der Waals surface area contributed by atoms with E-state index in [1.54, 1.807) is 24.3 Å². The van der Waals surface area contributed by atoms with Crippen LogP contribution in [0.3, 0.4) is 0 Å². The van der Waals surface area contributed by atoms with Crippen molar-refractivity contribution >= 4 is 23.7 Å². The first-order valence-corrected chi connectivity index (χ1v) is 6.89. The maximum atomic E-state index is 12.1. The van der Waals surface area contributed by atoms with Crippen LogP contribution in [0.1, 0.15) is 40.5 Å². The Labute approximate surface area is 126 Å². The molecule has 2 rings (SSSR count). The summed E-state index contributed by atoms with van der Waals surface area (Å²) in [7, 11) is 0. The highest BCUT2D eigenvalue weighted by molar-refractivity contribution is 6.21. The van der Waals surface area contributed by atoms with E-state index in [1.165, 1.54) is 6.92 Å². The number of carbonyl (C=O) groups excluding carboxylic acids is 3. The topological polar surface area (TPSA) is 104 Å². The molecule has 0 radical (unpaired) electrons. The van der Waals surface area contributed by atoms with E-state index in [2.05, 4.69) is 5.32 Å². The fraction of sp³-hybridized carbons (Fsp3) is 0.333. The summed E-state index contributed by atoms with van der Waals surface area (Å²) < 4.78 is 0. The molecule has 0 aliphatic carbocycles. The number of benzene rings is 1. The summed E-state index contributed by atoms with van der Waals surface area (Å²) in [4.78, 5) is 47.4. The van der Waals surface area contributed by atoms with Crippen molar-refractivity contribution in [3.8, 4) is 0 Å². The van der Waals surface area contributed by atoms with Gasteiger partial charge in [0.1, 0.15) is 6.04 Å². The largest absolute Gasteiger partial charge is 0.480 e. The van der Waals surface area contributed by atoms with Crippen LogP contribution in [0.15, 0.2) is 24.3 Å². The second-order valence-corrected chi connectivity index (χ2v) is 5.04. The molecule has 7 heteroatoms. The molecule has 1 aromatic carbocycles. The Hall–Kier alpha value is -2.70. The first-order valence-electron chi connectivity index (χ1n) is 6.89. The van der Waals surface area contributed by atoms with Gasteiger partial charge in [-0.2, -0.15) is 0 Å². The van der Waals surface area contributed by atoms with E-state index in [-0.39, 0.29) is 31.2 Å². The molecular weight excluding hydrogens is 288 g/mol. The summed E-state index contributed by atoms with van der Waals surface area (Å²) >= 11 is 0. The number of rotatable bonds is 6. The molecule has 22 heavy (non-hydrogen) atoms. The second-order valence-electron chi connectivity index (χ2n) is 5.04. The minimum absolute atomic E-state index is 0.0467. The maximum Gasteiger partial charge on any atom is 0.325 e. The monoisotopic (exact) mass is 304 g/mol. The molecule has 1 aliphatic rings. The first-order chi connectivity index (χ1) is 10.4. The summed E-state index contributed by atoms with van der Waals surface area (Å²) in [6.07, 6.45) is 0.328. The SMILES string of the molecule is CC(NC(=O)CCCN1C(=O)c2ccccc2C1=O)C(=O)O. The van der Waals surface area contributed by atoms with Gasteiger partial charge in [-0.15, -0.1) is 0 Å². The lowest BCUT2D eigenvalue weighted by molar-refractivity contribution is -0.141. The van der Waals surface area contributed by atoms with E-state index >= 15 is 0 Å². The molecule has 1 atom stereocenters. The van der Waals surface area contributed by atoms with Gasteiger partial charge in [0.15, 0.2) is 0 Å². The number of nitrogens with zero attached hydrogens (tertiary/aromatic N) is 1. The molecule has 0 saturated heterocycles. The van der Waals surface area contributed by atoms with Gasteiger partial charge in [-0.3, -0.25) is 24.1 Å². The van der Waals surface area contributed by atoms with Crippen LogP contribution in [0.2, 0.25) is 0 Å². The van der Waals surface area contributed by atoms with Gasteiger partial charge in [-0.25, -0.2) is 0 Å². The Kier molecular flexibility index (Phi) is 4.55. The summed E-state index contributed by atoms with van der Waals surface area (Å²) in [5, 5.41) is 11.0. The molecule has 7 nitrogen and oxygen atoms in total. The molecule has 1 heterocycles. The smallest absolute Gasteiger partial charge is 0.325 e.